The summed E-state index contributed by atoms with van der Waals surface area (Å²) in [6.07, 6.45) is 3.93. The normalized spacial score (nSPS) is 16.3. The molecule has 1 aliphatic heterocycles. The molecule has 2 aromatic carbocycles. The molecule has 2 N–H and O–H groups in total. The molecule has 1 aliphatic carbocycles. The number of aromatic nitrogens is 2. The van der Waals surface area contributed by atoms with Gasteiger partial charge >= 0.3 is 5.97 Å². The minimum absolute atomic E-state index is 0.0583. The Kier molecular flexibility index (Phi) is 6.30. The predicted octanol–water partition coefficient (Wildman–Crippen LogP) is 4.44. The van der Waals surface area contributed by atoms with Crippen molar-refractivity contribution in [3.05, 3.63) is 69.1 Å². The molecule has 0 atom stereocenters. The van der Waals surface area contributed by atoms with Crippen molar-refractivity contribution in [2.45, 2.75) is 31.8 Å². The third kappa shape index (κ3) is 4.42. The Bertz CT molecular complexity index is 1670. The first kappa shape index (κ1) is 25.1. The molecule has 1 saturated heterocycles. The number of hydrogen-bond donors (Lipinski definition) is 2. The van der Waals surface area contributed by atoms with Gasteiger partial charge in [0, 0.05) is 55.7 Å². The van der Waals surface area contributed by atoms with Crippen molar-refractivity contribution in [3.8, 4) is 5.88 Å². The van der Waals surface area contributed by atoms with Gasteiger partial charge in [0.15, 0.2) is 5.69 Å². The van der Waals surface area contributed by atoms with Crippen molar-refractivity contribution in [1.82, 2.24) is 14.0 Å². The van der Waals surface area contributed by atoms with Gasteiger partial charge in [-0.1, -0.05) is 18.2 Å². The molecule has 0 unspecified atom stereocenters. The molecule has 4 aromatic rings. The van der Waals surface area contributed by atoms with E-state index in [1.165, 1.54) is 12.3 Å². The van der Waals surface area contributed by atoms with E-state index in [1.807, 2.05) is 21.6 Å². The Morgan fingerprint density at radius 1 is 1.03 bits per heavy atom. The average Bonchev–Trinajstić information content (AvgIpc) is 3.74. The molecule has 202 valence electrons. The van der Waals surface area contributed by atoms with Crippen molar-refractivity contribution in [2.24, 2.45) is 5.18 Å². The van der Waals surface area contributed by atoms with Crippen LogP contribution >= 0.6 is 0 Å². The molecular weight excluding hydrogens is 505 g/mol. The number of aromatic hydroxyl groups is 1. The second-order valence-corrected chi connectivity index (χ2v) is 10.3. The Morgan fingerprint density at radius 2 is 1.77 bits per heavy atom. The van der Waals surface area contributed by atoms with Gasteiger partial charge in [0.1, 0.15) is 11.4 Å². The predicted molar refractivity (Wildman–Crippen MR) is 146 cm³/mol. The number of piperazine rings is 1. The number of aryl methyl sites for hydroxylation is 1. The van der Waals surface area contributed by atoms with E-state index < -0.39 is 17.2 Å². The fourth-order valence-electron chi connectivity index (χ4n) is 5.66. The van der Waals surface area contributed by atoms with Crippen molar-refractivity contribution in [1.29, 1.82) is 0 Å². The molecule has 2 aromatic heterocycles. The highest BCUT2D eigenvalue weighted by atomic mass is 19.1. The maximum absolute atomic E-state index is 15.2. The lowest BCUT2D eigenvalue weighted by molar-refractivity contribution is 0.0695. The Hall–Kier alpha value is -4.25. The number of carboxylic acid groups (broad SMARTS) is 1. The molecule has 2 fully saturated rings. The van der Waals surface area contributed by atoms with E-state index in [1.54, 1.807) is 22.8 Å². The Balaban J connectivity index is 1.15. The second-order valence-electron chi connectivity index (χ2n) is 10.3. The number of aromatic carboxylic acids is 1. The van der Waals surface area contributed by atoms with Crippen molar-refractivity contribution in [3.63, 3.8) is 0 Å². The minimum Gasteiger partial charge on any atom is -0.493 e. The smallest absolute Gasteiger partial charge is 0.341 e. The number of benzene rings is 2. The van der Waals surface area contributed by atoms with Gasteiger partial charge in [0.25, 0.3) is 0 Å². The molecule has 0 bridgehead atoms. The summed E-state index contributed by atoms with van der Waals surface area (Å²) < 4.78 is 18.8. The van der Waals surface area contributed by atoms with Crippen molar-refractivity contribution in [2.75, 3.05) is 37.6 Å². The van der Waals surface area contributed by atoms with E-state index in [0.717, 1.165) is 31.3 Å². The van der Waals surface area contributed by atoms with Crippen LogP contribution < -0.4 is 10.3 Å². The van der Waals surface area contributed by atoms with E-state index in [2.05, 4.69) is 10.1 Å². The lowest BCUT2D eigenvalue weighted by atomic mass is 10.1. The van der Waals surface area contributed by atoms with Gasteiger partial charge in [-0.15, -0.1) is 4.91 Å². The summed E-state index contributed by atoms with van der Waals surface area (Å²) in [6, 6.07) is 10.3. The monoisotopic (exact) mass is 533 g/mol. The van der Waals surface area contributed by atoms with E-state index in [9.17, 15) is 24.7 Å². The first-order valence-electron chi connectivity index (χ1n) is 13.1. The highest BCUT2D eigenvalue weighted by Gasteiger charge is 2.28. The first-order chi connectivity index (χ1) is 18.9. The van der Waals surface area contributed by atoms with Crippen LogP contribution in [0.25, 0.3) is 21.8 Å². The zero-order chi connectivity index (χ0) is 27.3. The first-order valence-corrected chi connectivity index (χ1v) is 13.1. The summed E-state index contributed by atoms with van der Waals surface area (Å²) in [5.41, 5.74) is 0.799. The SMILES string of the molecule is O=Nc1c(O)n(CCCN2CCN(c3cc4c(cc3F)c(=O)c(C(=O)O)cn4C3CC3)CC2)c2ccccc12. The quantitative estimate of drug-likeness (QED) is 0.321. The maximum Gasteiger partial charge on any atom is 0.341 e. The molecule has 1 saturated carbocycles. The van der Waals surface area contributed by atoms with Gasteiger partial charge in [0.2, 0.25) is 11.3 Å². The molecule has 0 radical (unpaired) electrons. The highest BCUT2D eigenvalue weighted by molar-refractivity contribution is 5.95. The topological polar surface area (TPSA) is 120 Å². The average molecular weight is 534 g/mol. The third-order valence-electron chi connectivity index (χ3n) is 7.85. The van der Waals surface area contributed by atoms with Crippen molar-refractivity contribution >= 4 is 39.1 Å². The number of fused-ring (bicyclic) bond motifs is 2. The van der Waals surface area contributed by atoms with Gasteiger partial charge in [-0.3, -0.25) is 9.69 Å². The summed E-state index contributed by atoms with van der Waals surface area (Å²) >= 11 is 0. The molecule has 3 heterocycles. The van der Waals surface area contributed by atoms with Crippen molar-refractivity contribution < 1.29 is 19.4 Å². The standard InChI is InChI=1S/C28H28FN5O5/c29-21-14-19-23(34(17-6-7-17)16-20(26(19)35)28(37)38)15-24(21)32-12-10-31(11-13-32)8-3-9-33-22-5-2-1-4-18(22)25(30-39)27(33)36/h1-2,4-5,14-17,36H,3,6-13H2,(H,37,38). The third-order valence-corrected chi connectivity index (χ3v) is 7.85. The fraction of sp³-hybridized carbons (Fsp3) is 0.357. The largest absolute Gasteiger partial charge is 0.493 e. The zero-order valence-corrected chi connectivity index (χ0v) is 21.2. The molecule has 0 spiro atoms. The van der Waals surface area contributed by atoms with Gasteiger partial charge in [-0.25, -0.2) is 9.18 Å². The van der Waals surface area contributed by atoms with Crippen LogP contribution in [0, 0.1) is 10.7 Å². The summed E-state index contributed by atoms with van der Waals surface area (Å²) in [5.74, 6) is -1.96. The fourth-order valence-corrected chi connectivity index (χ4v) is 5.66. The summed E-state index contributed by atoms with van der Waals surface area (Å²) in [5, 5.41) is 23.7. The molecule has 10 nitrogen and oxygen atoms in total. The molecule has 6 rings (SSSR count). The van der Waals surface area contributed by atoms with Gasteiger partial charge in [0.05, 0.1) is 16.7 Å². The van der Waals surface area contributed by atoms with Crippen LogP contribution in [0.5, 0.6) is 5.88 Å². The number of pyridine rings is 1. The number of halogens is 1. The Morgan fingerprint density at radius 3 is 2.46 bits per heavy atom. The van der Waals surface area contributed by atoms with E-state index >= 15 is 4.39 Å². The number of nitrogens with zero attached hydrogens (tertiary/aromatic N) is 5. The highest BCUT2D eigenvalue weighted by Crippen LogP contribution is 2.39. The van der Waals surface area contributed by atoms with E-state index in [0.29, 0.717) is 49.3 Å². The molecule has 0 amide bonds. The number of para-hydroxylation sites is 1. The molecule has 11 heteroatoms. The van der Waals surface area contributed by atoms with Gasteiger partial charge in [-0.05, 0) is 49.2 Å². The van der Waals surface area contributed by atoms with Crippen LogP contribution in [0.2, 0.25) is 0 Å². The van der Waals surface area contributed by atoms with Gasteiger partial charge in [-0.2, -0.15) is 0 Å². The number of anilines is 1. The molecular formula is C28H28FN5O5. The maximum atomic E-state index is 15.2. The minimum atomic E-state index is -1.31. The second kappa shape index (κ2) is 9.81. The van der Waals surface area contributed by atoms with E-state index in [4.69, 9.17) is 0 Å². The Labute approximate surface area is 222 Å². The number of carboxylic acids is 1. The number of rotatable bonds is 8. The lowest BCUT2D eigenvalue weighted by Gasteiger charge is -2.36. The van der Waals surface area contributed by atoms with Crippen LogP contribution in [-0.4, -0.2) is 62.9 Å². The molecule has 2 aliphatic rings. The number of nitroso groups, excluding NO2 is 1. The van der Waals surface area contributed by atoms with Crippen LogP contribution in [-0.2, 0) is 6.54 Å². The zero-order valence-electron chi connectivity index (χ0n) is 21.2. The van der Waals surface area contributed by atoms with Crippen LogP contribution in [0.1, 0.15) is 35.7 Å². The van der Waals surface area contributed by atoms with Crippen LogP contribution in [0.4, 0.5) is 15.8 Å². The van der Waals surface area contributed by atoms with Crippen LogP contribution in [0.15, 0.2) is 52.6 Å². The van der Waals surface area contributed by atoms with Crippen LogP contribution in [0.3, 0.4) is 0 Å². The summed E-state index contributed by atoms with van der Waals surface area (Å²) in [7, 11) is 0. The molecule has 39 heavy (non-hydrogen) atoms. The lowest BCUT2D eigenvalue weighted by Crippen LogP contribution is -2.47. The summed E-state index contributed by atoms with van der Waals surface area (Å²) in [6.45, 7) is 3.91. The summed E-state index contributed by atoms with van der Waals surface area (Å²) in [4.78, 5) is 39.8. The van der Waals surface area contributed by atoms with E-state index in [-0.39, 0.29) is 28.6 Å². The number of carbonyl (C=O) groups is 1. The number of hydrogen-bond acceptors (Lipinski definition) is 7. The van der Waals surface area contributed by atoms with Gasteiger partial charge < -0.3 is 24.2 Å².